The predicted octanol–water partition coefficient (Wildman–Crippen LogP) is 2.27. The first kappa shape index (κ1) is 27.3. The lowest BCUT2D eigenvalue weighted by Crippen LogP contribution is -2.36. The van der Waals surface area contributed by atoms with Crippen LogP contribution in [-0.4, -0.2) is 86.5 Å². The number of anilines is 1. The van der Waals surface area contributed by atoms with Crippen LogP contribution in [0.3, 0.4) is 0 Å². The molecule has 1 N–H and O–H groups in total. The Balaban J connectivity index is 1.62. The van der Waals surface area contributed by atoms with Crippen LogP contribution in [0.1, 0.15) is 48.8 Å². The minimum Gasteiger partial charge on any atom is -0.492 e. The number of nitrogens with one attached hydrogen (secondary N) is 1. The molecule has 5 rings (SSSR count). The van der Waals surface area contributed by atoms with Crippen molar-refractivity contribution in [3.63, 3.8) is 0 Å². The molecule has 0 atom stereocenters. The van der Waals surface area contributed by atoms with Gasteiger partial charge in [0.25, 0.3) is 5.91 Å². The van der Waals surface area contributed by atoms with Gasteiger partial charge in [0, 0.05) is 44.6 Å². The molecular formula is C26H34N6O6S. The molecule has 0 unspecified atom stereocenters. The van der Waals surface area contributed by atoms with Crippen molar-refractivity contribution in [3.05, 3.63) is 35.8 Å². The van der Waals surface area contributed by atoms with Crippen molar-refractivity contribution in [1.29, 1.82) is 0 Å². The molecule has 0 aliphatic carbocycles. The number of aromatic nitrogens is 4. The maximum atomic E-state index is 12.9. The van der Waals surface area contributed by atoms with E-state index in [4.69, 9.17) is 19.3 Å². The fourth-order valence-corrected chi connectivity index (χ4v) is 5.21. The summed E-state index contributed by atoms with van der Waals surface area (Å²) in [4.78, 5) is 24.2. The summed E-state index contributed by atoms with van der Waals surface area (Å²) in [7, 11) is -3.80. The molecule has 3 aromatic heterocycles. The SMILES string of the molecule is CC(C)c1nn(-c2ccnc(N3CCOCC3)c2)c2nc(C(=O)NS(C)(=O)=O)cc(OCC3CCOCC3)c12. The van der Waals surface area contributed by atoms with Crippen LogP contribution in [0.2, 0.25) is 0 Å². The number of hydrogen-bond acceptors (Lipinski definition) is 10. The third kappa shape index (κ3) is 6.31. The van der Waals surface area contributed by atoms with Crippen molar-refractivity contribution in [1.82, 2.24) is 24.5 Å². The lowest BCUT2D eigenvalue weighted by atomic mass is 10.0. The molecule has 0 bridgehead atoms. The largest absolute Gasteiger partial charge is 0.492 e. The number of fused-ring (bicyclic) bond motifs is 1. The van der Waals surface area contributed by atoms with Gasteiger partial charge in [-0.2, -0.15) is 5.10 Å². The monoisotopic (exact) mass is 558 g/mol. The Morgan fingerprint density at radius 1 is 1.15 bits per heavy atom. The standard InChI is InChI=1S/C26H34N6O6S/c1-17(2)24-23-21(38-16-18-5-10-36-11-6-18)15-20(26(33)30-39(3,34)35)28-25(23)32(29-24)19-4-7-27-22(14-19)31-8-12-37-13-9-31/h4,7,14-15,17-18H,5-6,8-13,16H2,1-3H3,(H,30,33). The molecule has 2 fully saturated rings. The van der Waals surface area contributed by atoms with Crippen molar-refractivity contribution in [2.45, 2.75) is 32.6 Å². The Bertz CT molecular complexity index is 1440. The highest BCUT2D eigenvalue weighted by molar-refractivity contribution is 7.89. The Morgan fingerprint density at radius 3 is 2.56 bits per heavy atom. The molecule has 5 heterocycles. The number of carbonyl (C=O) groups excluding carboxylic acids is 1. The summed E-state index contributed by atoms with van der Waals surface area (Å²) in [6, 6.07) is 5.26. The van der Waals surface area contributed by atoms with E-state index in [9.17, 15) is 13.2 Å². The number of pyridine rings is 2. The van der Waals surface area contributed by atoms with Crippen LogP contribution < -0.4 is 14.4 Å². The van der Waals surface area contributed by atoms with Crippen LogP contribution in [0.5, 0.6) is 5.75 Å². The van der Waals surface area contributed by atoms with Crippen molar-refractivity contribution >= 4 is 32.8 Å². The number of morpholine rings is 1. The molecule has 1 amide bonds. The first-order valence-corrected chi connectivity index (χ1v) is 15.0. The number of sulfonamides is 1. The van der Waals surface area contributed by atoms with Crippen LogP contribution >= 0.6 is 0 Å². The smallest absolute Gasteiger partial charge is 0.283 e. The van der Waals surface area contributed by atoms with Crippen molar-refractivity contribution in [2.75, 3.05) is 57.3 Å². The second-order valence-electron chi connectivity index (χ2n) is 10.2. The van der Waals surface area contributed by atoms with Crippen LogP contribution in [0.15, 0.2) is 24.4 Å². The molecule has 13 heteroatoms. The van der Waals surface area contributed by atoms with Gasteiger partial charge in [-0.15, -0.1) is 0 Å². The van der Waals surface area contributed by atoms with E-state index in [1.165, 1.54) is 6.07 Å². The van der Waals surface area contributed by atoms with Crippen molar-refractivity contribution < 1.29 is 27.4 Å². The van der Waals surface area contributed by atoms with Gasteiger partial charge in [-0.25, -0.2) is 27.8 Å². The summed E-state index contributed by atoms with van der Waals surface area (Å²) in [5.74, 6) is 0.731. The molecular weight excluding hydrogens is 524 g/mol. The van der Waals surface area contributed by atoms with E-state index in [-0.39, 0.29) is 11.6 Å². The number of ether oxygens (including phenoxy) is 3. The summed E-state index contributed by atoms with van der Waals surface area (Å²) in [6.45, 7) is 8.58. The molecule has 0 radical (unpaired) electrons. The lowest BCUT2D eigenvalue weighted by Gasteiger charge is -2.27. The predicted molar refractivity (Wildman–Crippen MR) is 145 cm³/mol. The minimum atomic E-state index is -3.80. The van der Waals surface area contributed by atoms with Gasteiger partial charge in [-0.3, -0.25) is 4.79 Å². The highest BCUT2D eigenvalue weighted by Gasteiger charge is 2.26. The first-order valence-electron chi connectivity index (χ1n) is 13.1. The normalized spacial score (nSPS) is 17.1. The average Bonchev–Trinajstić information content (AvgIpc) is 3.32. The summed E-state index contributed by atoms with van der Waals surface area (Å²) in [6.07, 6.45) is 4.41. The minimum absolute atomic E-state index is 0.0252. The zero-order chi connectivity index (χ0) is 27.6. The second-order valence-corrected chi connectivity index (χ2v) is 11.9. The van der Waals surface area contributed by atoms with Gasteiger partial charge in [0.1, 0.15) is 17.3 Å². The van der Waals surface area contributed by atoms with Crippen LogP contribution in [-0.2, 0) is 19.5 Å². The topological polar surface area (TPSA) is 138 Å². The van der Waals surface area contributed by atoms with Gasteiger partial charge in [0.05, 0.1) is 42.8 Å². The van der Waals surface area contributed by atoms with E-state index in [2.05, 4.69) is 14.9 Å². The highest BCUT2D eigenvalue weighted by Crippen LogP contribution is 2.35. The van der Waals surface area contributed by atoms with Gasteiger partial charge in [-0.1, -0.05) is 13.8 Å². The summed E-state index contributed by atoms with van der Waals surface area (Å²) >= 11 is 0. The molecule has 2 aliphatic heterocycles. The van der Waals surface area contributed by atoms with Gasteiger partial charge in [0.15, 0.2) is 5.65 Å². The third-order valence-corrected chi connectivity index (χ3v) is 7.37. The number of nitrogens with zero attached hydrogens (tertiary/aromatic N) is 5. The third-order valence-electron chi connectivity index (χ3n) is 6.81. The number of carbonyl (C=O) groups is 1. The molecule has 39 heavy (non-hydrogen) atoms. The summed E-state index contributed by atoms with van der Waals surface area (Å²) in [5, 5.41) is 5.60. The Kier molecular flexibility index (Phi) is 8.01. The van der Waals surface area contributed by atoms with Gasteiger partial charge in [0.2, 0.25) is 10.0 Å². The highest BCUT2D eigenvalue weighted by atomic mass is 32.2. The Morgan fingerprint density at radius 2 is 1.87 bits per heavy atom. The molecule has 12 nitrogen and oxygen atoms in total. The van der Waals surface area contributed by atoms with E-state index < -0.39 is 15.9 Å². The van der Waals surface area contributed by atoms with Crippen LogP contribution in [0.4, 0.5) is 5.82 Å². The van der Waals surface area contributed by atoms with Gasteiger partial charge < -0.3 is 19.1 Å². The van der Waals surface area contributed by atoms with E-state index in [0.29, 0.717) is 61.4 Å². The Hall–Kier alpha value is -3.29. The summed E-state index contributed by atoms with van der Waals surface area (Å²) in [5.41, 5.74) is 1.81. The van der Waals surface area contributed by atoms with E-state index in [0.717, 1.165) is 43.7 Å². The molecule has 0 saturated carbocycles. The molecule has 2 aliphatic rings. The lowest BCUT2D eigenvalue weighted by molar-refractivity contribution is 0.0499. The van der Waals surface area contributed by atoms with Crippen LogP contribution in [0.25, 0.3) is 16.7 Å². The fourth-order valence-electron chi connectivity index (χ4n) is 4.77. The maximum absolute atomic E-state index is 12.9. The number of hydrogen-bond donors (Lipinski definition) is 1. The number of rotatable bonds is 8. The van der Waals surface area contributed by atoms with Crippen molar-refractivity contribution in [3.8, 4) is 11.4 Å². The second kappa shape index (κ2) is 11.4. The molecule has 2 saturated heterocycles. The van der Waals surface area contributed by atoms with Crippen LogP contribution in [0, 0.1) is 5.92 Å². The van der Waals surface area contributed by atoms with Gasteiger partial charge >= 0.3 is 0 Å². The average molecular weight is 559 g/mol. The fraction of sp³-hybridized carbons (Fsp3) is 0.538. The molecule has 210 valence electrons. The quantitative estimate of drug-likeness (QED) is 0.438. The molecule has 0 aromatic carbocycles. The molecule has 0 spiro atoms. The number of amides is 1. The van der Waals surface area contributed by atoms with E-state index in [1.807, 2.05) is 30.7 Å². The Labute approximate surface area is 227 Å². The van der Waals surface area contributed by atoms with Gasteiger partial charge in [-0.05, 0) is 30.7 Å². The van der Waals surface area contributed by atoms with Crippen molar-refractivity contribution in [2.24, 2.45) is 5.92 Å². The first-order chi connectivity index (χ1) is 18.7. The zero-order valence-corrected chi connectivity index (χ0v) is 23.2. The molecule has 3 aromatic rings. The maximum Gasteiger partial charge on any atom is 0.283 e. The van der Waals surface area contributed by atoms with E-state index in [1.54, 1.807) is 10.9 Å². The summed E-state index contributed by atoms with van der Waals surface area (Å²) < 4.78 is 44.6. The zero-order valence-electron chi connectivity index (χ0n) is 22.4. The van der Waals surface area contributed by atoms with E-state index >= 15 is 0 Å².